The quantitative estimate of drug-likeness (QED) is 0.805. The van der Waals surface area contributed by atoms with Crippen LogP contribution in [0.25, 0.3) is 0 Å². The molecule has 18 heavy (non-hydrogen) atoms. The number of rotatable bonds is 2. The first-order chi connectivity index (χ1) is 8.70. The summed E-state index contributed by atoms with van der Waals surface area (Å²) in [6, 6.07) is 11.1. The van der Waals surface area contributed by atoms with Crippen LogP contribution >= 0.6 is 0 Å². The number of benzene rings is 1. The molecule has 0 radical (unpaired) electrons. The summed E-state index contributed by atoms with van der Waals surface area (Å²) in [5.74, 6) is -0.741. The van der Waals surface area contributed by atoms with Crippen LogP contribution in [0.2, 0.25) is 0 Å². The van der Waals surface area contributed by atoms with E-state index >= 15 is 0 Å². The molecule has 94 valence electrons. The number of halogens is 1. The van der Waals surface area contributed by atoms with E-state index in [0.29, 0.717) is 0 Å². The molecule has 1 saturated heterocycles. The van der Waals surface area contributed by atoms with Crippen molar-refractivity contribution in [2.45, 2.75) is 12.8 Å². The van der Waals surface area contributed by atoms with Crippen LogP contribution in [0.5, 0.6) is 0 Å². The Bertz CT molecular complexity index is 458. The fourth-order valence-electron chi connectivity index (χ4n) is 1.85. The smallest absolute Gasteiger partial charge is 0.410 e. The van der Waals surface area contributed by atoms with E-state index in [1.807, 2.05) is 36.4 Å². The zero-order chi connectivity index (χ0) is 13.0. The molecule has 0 N–H and O–H groups in total. The molecule has 2 atom stereocenters. The monoisotopic (exact) mass is 248 g/mol. The first kappa shape index (κ1) is 12.4. The van der Waals surface area contributed by atoms with Gasteiger partial charge in [0.1, 0.15) is 12.8 Å². The summed E-state index contributed by atoms with van der Waals surface area (Å²) in [7, 11) is 0. The maximum Gasteiger partial charge on any atom is 0.410 e. The Hall–Kier alpha value is -2.09. The second kappa shape index (κ2) is 5.50. The highest BCUT2D eigenvalue weighted by atomic mass is 19.1. The van der Waals surface area contributed by atoms with Crippen molar-refractivity contribution in [2.24, 2.45) is 5.92 Å². The second-order valence-electron chi connectivity index (χ2n) is 4.20. The lowest BCUT2D eigenvalue weighted by atomic mass is 10.1. The first-order valence-corrected chi connectivity index (χ1v) is 5.70. The van der Waals surface area contributed by atoms with Gasteiger partial charge in [-0.1, -0.05) is 30.3 Å². The number of likely N-dealkylation sites (tertiary alicyclic amines) is 1. The Kier molecular flexibility index (Phi) is 3.78. The average molecular weight is 248 g/mol. The highest BCUT2D eigenvalue weighted by Crippen LogP contribution is 2.20. The van der Waals surface area contributed by atoms with Gasteiger partial charge < -0.3 is 9.64 Å². The minimum Gasteiger partial charge on any atom is -0.445 e. The lowest BCUT2D eigenvalue weighted by molar-refractivity contribution is 0.102. The maximum atomic E-state index is 13.3. The zero-order valence-electron chi connectivity index (χ0n) is 9.75. The molecule has 1 aromatic rings. The third-order valence-corrected chi connectivity index (χ3v) is 2.88. The lowest BCUT2D eigenvalue weighted by Gasteiger charge is -2.14. The molecule has 5 heteroatoms. The molecule has 1 aliphatic heterocycles. The lowest BCUT2D eigenvalue weighted by Crippen LogP contribution is -2.29. The van der Waals surface area contributed by atoms with Crippen molar-refractivity contribution < 1.29 is 13.9 Å². The van der Waals surface area contributed by atoms with E-state index in [1.54, 1.807) is 0 Å². The summed E-state index contributed by atoms with van der Waals surface area (Å²) >= 11 is 0. The predicted octanol–water partition coefficient (Wildman–Crippen LogP) is 2.12. The fraction of sp³-hybridized carbons (Fsp3) is 0.385. The number of hydrogen-bond acceptors (Lipinski definition) is 3. The van der Waals surface area contributed by atoms with E-state index in [0.717, 1.165) is 5.56 Å². The molecule has 1 aromatic carbocycles. The minimum atomic E-state index is -1.28. The van der Waals surface area contributed by atoms with Crippen LogP contribution in [-0.4, -0.2) is 30.3 Å². The van der Waals surface area contributed by atoms with Gasteiger partial charge in [0.15, 0.2) is 0 Å². The van der Waals surface area contributed by atoms with Gasteiger partial charge in [-0.2, -0.15) is 5.26 Å². The van der Waals surface area contributed by atoms with Crippen molar-refractivity contribution in [1.29, 1.82) is 5.26 Å². The average Bonchev–Trinajstić information content (AvgIpc) is 2.78. The van der Waals surface area contributed by atoms with Crippen LogP contribution in [0.3, 0.4) is 0 Å². The topological polar surface area (TPSA) is 53.3 Å². The first-order valence-electron chi connectivity index (χ1n) is 5.70. The van der Waals surface area contributed by atoms with Crippen LogP contribution in [-0.2, 0) is 11.3 Å². The van der Waals surface area contributed by atoms with Gasteiger partial charge in [0.2, 0.25) is 0 Å². The van der Waals surface area contributed by atoms with Gasteiger partial charge >= 0.3 is 6.09 Å². The zero-order valence-corrected chi connectivity index (χ0v) is 9.75. The Morgan fingerprint density at radius 3 is 2.78 bits per heavy atom. The van der Waals surface area contributed by atoms with Gasteiger partial charge in [-0.15, -0.1) is 0 Å². The molecule has 4 nitrogen and oxygen atoms in total. The van der Waals surface area contributed by atoms with Gasteiger partial charge in [0, 0.05) is 6.54 Å². The molecule has 2 unspecified atom stereocenters. The fourth-order valence-corrected chi connectivity index (χ4v) is 1.85. The number of carbonyl (C=O) groups excluding carboxylic acids is 1. The molecule has 0 bridgehead atoms. The number of nitrogens with zero attached hydrogens (tertiary/aromatic N) is 2. The maximum absolute atomic E-state index is 13.3. The Balaban J connectivity index is 1.85. The molecule has 1 fully saturated rings. The van der Waals surface area contributed by atoms with Gasteiger partial charge in [0.25, 0.3) is 0 Å². The van der Waals surface area contributed by atoms with E-state index in [2.05, 4.69) is 0 Å². The molecule has 0 saturated carbocycles. The second-order valence-corrected chi connectivity index (χ2v) is 4.20. The molecule has 0 aromatic heterocycles. The van der Waals surface area contributed by atoms with Crippen molar-refractivity contribution in [3.05, 3.63) is 35.9 Å². The molecular formula is C13H13FN2O2. The van der Waals surface area contributed by atoms with Gasteiger partial charge in [-0.05, 0) is 5.56 Å². The standard InChI is InChI=1S/C13H13FN2O2/c14-12-8-16(7-11(12)6-15)13(17)18-9-10-4-2-1-3-5-10/h1-5,11-12H,7-9H2. The van der Waals surface area contributed by atoms with E-state index in [-0.39, 0.29) is 19.7 Å². The van der Waals surface area contributed by atoms with Crippen molar-refractivity contribution in [3.63, 3.8) is 0 Å². The van der Waals surface area contributed by atoms with Crippen molar-refractivity contribution >= 4 is 6.09 Å². The molecule has 0 aliphatic carbocycles. The van der Waals surface area contributed by atoms with Crippen molar-refractivity contribution in [1.82, 2.24) is 4.90 Å². The van der Waals surface area contributed by atoms with Gasteiger partial charge in [-0.3, -0.25) is 0 Å². The highest BCUT2D eigenvalue weighted by Gasteiger charge is 2.36. The summed E-state index contributed by atoms with van der Waals surface area (Å²) < 4.78 is 18.4. The third-order valence-electron chi connectivity index (χ3n) is 2.88. The van der Waals surface area contributed by atoms with Crippen LogP contribution in [0, 0.1) is 17.2 Å². The molecule has 0 spiro atoms. The van der Waals surface area contributed by atoms with E-state index in [4.69, 9.17) is 10.00 Å². The largest absolute Gasteiger partial charge is 0.445 e. The Morgan fingerprint density at radius 1 is 1.44 bits per heavy atom. The molecule has 1 heterocycles. The van der Waals surface area contributed by atoms with Crippen LogP contribution < -0.4 is 0 Å². The summed E-state index contributed by atoms with van der Waals surface area (Å²) in [5.41, 5.74) is 0.874. The summed E-state index contributed by atoms with van der Waals surface area (Å²) in [4.78, 5) is 12.9. The summed E-state index contributed by atoms with van der Waals surface area (Å²) in [6.07, 6.45) is -1.85. The van der Waals surface area contributed by atoms with Crippen molar-refractivity contribution in [3.8, 4) is 6.07 Å². The minimum absolute atomic E-state index is 0.0636. The van der Waals surface area contributed by atoms with Crippen molar-refractivity contribution in [2.75, 3.05) is 13.1 Å². The third kappa shape index (κ3) is 2.77. The van der Waals surface area contributed by atoms with E-state index in [1.165, 1.54) is 4.90 Å². The normalized spacial score (nSPS) is 22.6. The van der Waals surface area contributed by atoms with Crippen LogP contribution in [0.4, 0.5) is 9.18 Å². The number of ether oxygens (including phenoxy) is 1. The van der Waals surface area contributed by atoms with Gasteiger partial charge in [-0.25, -0.2) is 9.18 Å². The van der Waals surface area contributed by atoms with Gasteiger partial charge in [0.05, 0.1) is 18.5 Å². The van der Waals surface area contributed by atoms with E-state index in [9.17, 15) is 9.18 Å². The molecule has 1 amide bonds. The van der Waals surface area contributed by atoms with Crippen LogP contribution in [0.1, 0.15) is 5.56 Å². The molecular weight excluding hydrogens is 235 g/mol. The number of alkyl halides is 1. The number of nitriles is 1. The highest BCUT2D eigenvalue weighted by molar-refractivity contribution is 5.68. The predicted molar refractivity (Wildman–Crippen MR) is 62.2 cm³/mol. The Labute approximate surface area is 105 Å². The van der Waals surface area contributed by atoms with E-state index < -0.39 is 18.2 Å². The number of amides is 1. The number of hydrogen-bond donors (Lipinski definition) is 0. The molecule has 1 aliphatic rings. The molecule has 2 rings (SSSR count). The summed E-state index contributed by atoms with van der Waals surface area (Å²) in [6.45, 7) is 0.196. The Morgan fingerprint density at radius 2 is 2.17 bits per heavy atom. The SMILES string of the molecule is N#CC1CN(C(=O)OCc2ccccc2)CC1F. The number of carbonyl (C=O) groups is 1. The summed E-state index contributed by atoms with van der Waals surface area (Å²) in [5, 5.41) is 8.68. The van der Waals surface area contributed by atoms with Crippen LogP contribution in [0.15, 0.2) is 30.3 Å².